The average Bonchev–Trinajstić information content (AvgIpc) is 2.70. The molecule has 2 heterocycles. The van der Waals surface area contributed by atoms with Crippen LogP contribution in [0.25, 0.3) is 0 Å². The van der Waals surface area contributed by atoms with Gasteiger partial charge in [-0.3, -0.25) is 4.68 Å². The van der Waals surface area contributed by atoms with Crippen LogP contribution in [0.2, 0.25) is 0 Å². The van der Waals surface area contributed by atoms with Gasteiger partial charge in [-0.05, 0) is 20.8 Å². The van der Waals surface area contributed by atoms with E-state index < -0.39 is 10.0 Å². The van der Waals surface area contributed by atoms with E-state index in [0.717, 1.165) is 0 Å². The topological polar surface area (TPSA) is 90.5 Å². The third-order valence-electron chi connectivity index (χ3n) is 3.08. The molecule has 1 aliphatic rings. The van der Waals surface area contributed by atoms with Gasteiger partial charge < -0.3 is 10.5 Å². The van der Waals surface area contributed by atoms with Gasteiger partial charge in [-0.25, -0.2) is 8.42 Å². The maximum Gasteiger partial charge on any atom is 0.248 e. The Balaban J connectivity index is 2.33. The minimum absolute atomic E-state index is 0.0497. The summed E-state index contributed by atoms with van der Waals surface area (Å²) in [5.74, 6) is 0.0497. The van der Waals surface area contributed by atoms with Crippen LogP contribution in [0.15, 0.2) is 11.1 Å². The monoisotopic (exact) mass is 288 g/mol. The van der Waals surface area contributed by atoms with Crippen molar-refractivity contribution in [2.75, 3.05) is 18.8 Å². The number of aryl methyl sites for hydroxylation is 1. The van der Waals surface area contributed by atoms with Crippen molar-refractivity contribution in [1.82, 2.24) is 14.1 Å². The summed E-state index contributed by atoms with van der Waals surface area (Å²) < 4.78 is 33.6. The lowest BCUT2D eigenvalue weighted by Gasteiger charge is -2.34. The first-order chi connectivity index (χ1) is 8.84. The second-order valence-electron chi connectivity index (χ2n) is 4.81. The zero-order valence-corrected chi connectivity index (χ0v) is 12.2. The minimum Gasteiger partial charge on any atom is -0.381 e. The van der Waals surface area contributed by atoms with E-state index in [9.17, 15) is 8.42 Å². The zero-order chi connectivity index (χ0) is 14.2. The van der Waals surface area contributed by atoms with Crippen LogP contribution in [0.5, 0.6) is 0 Å². The van der Waals surface area contributed by atoms with E-state index in [1.54, 1.807) is 0 Å². The first-order valence-corrected chi connectivity index (χ1v) is 7.77. The van der Waals surface area contributed by atoms with Crippen LogP contribution >= 0.6 is 0 Å². The normalized spacial score (nSPS) is 25.6. The third-order valence-corrected chi connectivity index (χ3v) is 4.93. The first kappa shape index (κ1) is 14.3. The summed E-state index contributed by atoms with van der Waals surface area (Å²) in [6.07, 6.45) is 1.23. The number of nitrogens with two attached hydrogens (primary N) is 1. The van der Waals surface area contributed by atoms with Gasteiger partial charge in [0, 0.05) is 25.8 Å². The fraction of sp³-hybridized carbons (Fsp3) is 0.727. The molecule has 19 heavy (non-hydrogen) atoms. The van der Waals surface area contributed by atoms with Crippen molar-refractivity contribution in [3.63, 3.8) is 0 Å². The SMILES string of the molecule is CCn1cc(S(=O)(=O)N2CC(C)OC(C)C2)c(N)n1. The Morgan fingerprint density at radius 1 is 1.42 bits per heavy atom. The summed E-state index contributed by atoms with van der Waals surface area (Å²) >= 11 is 0. The number of rotatable bonds is 3. The smallest absolute Gasteiger partial charge is 0.248 e. The van der Waals surface area contributed by atoms with Gasteiger partial charge in [-0.15, -0.1) is 0 Å². The van der Waals surface area contributed by atoms with Gasteiger partial charge in [0.05, 0.1) is 12.2 Å². The molecule has 1 saturated heterocycles. The van der Waals surface area contributed by atoms with Gasteiger partial charge in [0.25, 0.3) is 0 Å². The second kappa shape index (κ2) is 5.10. The molecule has 1 aromatic rings. The van der Waals surface area contributed by atoms with Gasteiger partial charge in [0.15, 0.2) is 5.82 Å². The second-order valence-corrected chi connectivity index (χ2v) is 6.72. The van der Waals surface area contributed by atoms with Crippen molar-refractivity contribution in [1.29, 1.82) is 0 Å². The summed E-state index contributed by atoms with van der Waals surface area (Å²) in [5.41, 5.74) is 5.71. The van der Waals surface area contributed by atoms with Crippen LogP contribution in [0, 0.1) is 0 Å². The highest BCUT2D eigenvalue weighted by Gasteiger charge is 2.34. The molecule has 2 unspecified atom stereocenters. The predicted octanol–water partition coefficient (Wildman–Crippen LogP) is 0.283. The molecular weight excluding hydrogens is 268 g/mol. The molecule has 0 aliphatic carbocycles. The lowest BCUT2D eigenvalue weighted by atomic mass is 10.3. The van der Waals surface area contributed by atoms with Crippen molar-refractivity contribution >= 4 is 15.8 Å². The number of nitrogen functional groups attached to an aromatic ring is 1. The van der Waals surface area contributed by atoms with Gasteiger partial charge >= 0.3 is 0 Å². The Bertz CT molecular complexity index is 544. The quantitative estimate of drug-likeness (QED) is 0.863. The number of nitrogens with zero attached hydrogens (tertiary/aromatic N) is 3. The molecular formula is C11H20N4O3S. The largest absolute Gasteiger partial charge is 0.381 e. The fourth-order valence-corrected chi connectivity index (χ4v) is 3.90. The number of aromatic nitrogens is 2. The van der Waals surface area contributed by atoms with Crippen molar-refractivity contribution < 1.29 is 13.2 Å². The number of morpholine rings is 1. The summed E-state index contributed by atoms with van der Waals surface area (Å²) in [5, 5.41) is 3.99. The Kier molecular flexibility index (Phi) is 3.84. The molecule has 1 fully saturated rings. The first-order valence-electron chi connectivity index (χ1n) is 6.33. The van der Waals surface area contributed by atoms with Gasteiger partial charge in [0.2, 0.25) is 10.0 Å². The zero-order valence-electron chi connectivity index (χ0n) is 11.4. The van der Waals surface area contributed by atoms with Crippen molar-refractivity contribution in [3.8, 4) is 0 Å². The molecule has 1 aromatic heterocycles. The van der Waals surface area contributed by atoms with Crippen LogP contribution < -0.4 is 5.73 Å². The Labute approximate surface area is 113 Å². The molecule has 0 radical (unpaired) electrons. The molecule has 2 atom stereocenters. The van der Waals surface area contributed by atoms with Gasteiger partial charge in [0.1, 0.15) is 4.90 Å². The van der Waals surface area contributed by atoms with E-state index in [-0.39, 0.29) is 22.9 Å². The molecule has 0 amide bonds. The number of hydrogen-bond donors (Lipinski definition) is 1. The molecule has 1 aliphatic heterocycles. The average molecular weight is 288 g/mol. The van der Waals surface area contributed by atoms with Gasteiger partial charge in [-0.2, -0.15) is 9.40 Å². The number of ether oxygens (including phenoxy) is 1. The summed E-state index contributed by atoms with van der Waals surface area (Å²) in [7, 11) is -3.60. The molecule has 2 rings (SSSR count). The number of hydrogen-bond acceptors (Lipinski definition) is 5. The van der Waals surface area contributed by atoms with E-state index in [1.165, 1.54) is 15.2 Å². The van der Waals surface area contributed by atoms with E-state index >= 15 is 0 Å². The predicted molar refractivity (Wildman–Crippen MR) is 71.1 cm³/mol. The molecule has 8 heteroatoms. The Morgan fingerprint density at radius 3 is 2.47 bits per heavy atom. The van der Waals surface area contributed by atoms with Crippen LogP contribution in [-0.2, 0) is 21.3 Å². The standard InChI is InChI=1S/C11H20N4O3S/c1-4-14-7-10(11(12)13-14)19(16,17)15-5-8(2)18-9(3)6-15/h7-9H,4-6H2,1-3H3,(H2,12,13). The highest BCUT2D eigenvalue weighted by atomic mass is 32.2. The highest BCUT2D eigenvalue weighted by molar-refractivity contribution is 7.89. The van der Waals surface area contributed by atoms with E-state index in [1.807, 2.05) is 20.8 Å². The Morgan fingerprint density at radius 2 is 2.00 bits per heavy atom. The van der Waals surface area contributed by atoms with Crippen molar-refractivity contribution in [2.45, 2.75) is 44.4 Å². The van der Waals surface area contributed by atoms with Crippen LogP contribution in [0.4, 0.5) is 5.82 Å². The molecule has 0 spiro atoms. The third kappa shape index (κ3) is 2.75. The van der Waals surface area contributed by atoms with E-state index in [0.29, 0.717) is 19.6 Å². The van der Waals surface area contributed by atoms with Crippen LogP contribution in [0.3, 0.4) is 0 Å². The van der Waals surface area contributed by atoms with Gasteiger partial charge in [-0.1, -0.05) is 0 Å². The summed E-state index contributed by atoms with van der Waals surface area (Å²) in [6, 6.07) is 0. The Hall–Kier alpha value is -1.12. The fourth-order valence-electron chi connectivity index (χ4n) is 2.24. The number of anilines is 1. The summed E-state index contributed by atoms with van der Waals surface area (Å²) in [4.78, 5) is 0.0793. The highest BCUT2D eigenvalue weighted by Crippen LogP contribution is 2.24. The number of sulfonamides is 1. The van der Waals surface area contributed by atoms with Crippen LogP contribution in [-0.4, -0.2) is 47.8 Å². The minimum atomic E-state index is -3.60. The molecule has 108 valence electrons. The molecule has 7 nitrogen and oxygen atoms in total. The molecule has 2 N–H and O–H groups in total. The molecule has 0 aromatic carbocycles. The van der Waals surface area contributed by atoms with Crippen LogP contribution in [0.1, 0.15) is 20.8 Å². The lowest BCUT2D eigenvalue weighted by Crippen LogP contribution is -2.48. The lowest BCUT2D eigenvalue weighted by molar-refractivity contribution is -0.0440. The molecule has 0 bridgehead atoms. The maximum atomic E-state index is 12.6. The van der Waals surface area contributed by atoms with E-state index in [2.05, 4.69) is 5.10 Å². The van der Waals surface area contributed by atoms with Crippen molar-refractivity contribution in [2.24, 2.45) is 0 Å². The van der Waals surface area contributed by atoms with Crippen molar-refractivity contribution in [3.05, 3.63) is 6.20 Å². The molecule has 0 saturated carbocycles. The van der Waals surface area contributed by atoms with E-state index in [4.69, 9.17) is 10.5 Å². The summed E-state index contributed by atoms with van der Waals surface area (Å²) in [6.45, 7) is 6.85. The maximum absolute atomic E-state index is 12.6.